The van der Waals surface area contributed by atoms with Crippen LogP contribution in [0.3, 0.4) is 0 Å². The molecule has 1 atom stereocenters. The number of ether oxygens (including phenoxy) is 2. The van der Waals surface area contributed by atoms with E-state index in [0.717, 1.165) is 23.3 Å². The third-order valence-electron chi connectivity index (χ3n) is 5.07. The lowest BCUT2D eigenvalue weighted by Crippen LogP contribution is -2.45. The summed E-state index contributed by atoms with van der Waals surface area (Å²) < 4.78 is 11.0. The minimum atomic E-state index is -0.990. The van der Waals surface area contributed by atoms with Crippen molar-refractivity contribution in [1.29, 1.82) is 0 Å². The number of urea groups is 1. The number of benzene rings is 1. The molecule has 2 N–H and O–H groups in total. The maximum Gasteiger partial charge on any atom is 0.325 e. The monoisotopic (exact) mass is 374 g/mol. The number of β-amino-alcohol motifs (C(OH)–C–C–N with tert-alkyl or cyclic N) is 1. The Bertz CT molecular complexity index is 740. The van der Waals surface area contributed by atoms with Gasteiger partial charge >= 0.3 is 6.03 Å². The van der Waals surface area contributed by atoms with Gasteiger partial charge in [0.15, 0.2) is 11.5 Å². The first-order chi connectivity index (χ1) is 13.0. The molecule has 146 valence electrons. The summed E-state index contributed by atoms with van der Waals surface area (Å²) in [4.78, 5) is 25.9. The fourth-order valence-corrected chi connectivity index (χ4v) is 3.71. The Kier molecular flexibility index (Phi) is 5.70. The summed E-state index contributed by atoms with van der Waals surface area (Å²) in [6.45, 7) is 1.79. The smallest absolute Gasteiger partial charge is 0.325 e. The molecule has 1 aromatic carbocycles. The molecular weight excluding hydrogens is 348 g/mol. The molecule has 0 bridgehead atoms. The first-order valence-corrected chi connectivity index (χ1v) is 9.25. The number of aliphatic hydroxyl groups is 1. The topological polar surface area (TPSA) is 88.1 Å². The zero-order valence-corrected chi connectivity index (χ0v) is 15.7. The molecular formula is C20H26N2O5. The summed E-state index contributed by atoms with van der Waals surface area (Å²) in [6, 6.07) is 5.05. The van der Waals surface area contributed by atoms with E-state index in [9.17, 15) is 14.7 Å². The van der Waals surface area contributed by atoms with Gasteiger partial charge in [-0.1, -0.05) is 31.1 Å². The highest BCUT2D eigenvalue weighted by molar-refractivity contribution is 6.07. The lowest BCUT2D eigenvalue weighted by Gasteiger charge is -2.21. The van der Waals surface area contributed by atoms with Gasteiger partial charge in [0.1, 0.15) is 18.2 Å². The normalized spacial score (nSPS) is 19.7. The van der Waals surface area contributed by atoms with Crippen LogP contribution in [0.2, 0.25) is 0 Å². The molecule has 1 aromatic rings. The van der Waals surface area contributed by atoms with E-state index >= 15 is 0 Å². The number of allylic oxidation sites excluding steroid dienone is 1. The van der Waals surface area contributed by atoms with Crippen molar-refractivity contribution in [2.75, 3.05) is 20.3 Å². The van der Waals surface area contributed by atoms with E-state index in [0.29, 0.717) is 24.3 Å². The van der Waals surface area contributed by atoms with Crippen molar-refractivity contribution < 1.29 is 24.2 Å². The highest BCUT2D eigenvalue weighted by atomic mass is 16.5. The predicted octanol–water partition coefficient (Wildman–Crippen LogP) is 2.33. The molecule has 27 heavy (non-hydrogen) atoms. The third-order valence-corrected chi connectivity index (χ3v) is 5.07. The van der Waals surface area contributed by atoms with Crippen molar-refractivity contribution in [1.82, 2.24) is 10.2 Å². The van der Waals surface area contributed by atoms with E-state index in [2.05, 4.69) is 5.32 Å². The lowest BCUT2D eigenvalue weighted by molar-refractivity contribution is -0.132. The molecule has 1 aliphatic heterocycles. The molecule has 1 aliphatic carbocycles. The molecule has 1 saturated heterocycles. The number of imide groups is 1. The Morgan fingerprint density at radius 2 is 2.04 bits per heavy atom. The maximum atomic E-state index is 12.6. The van der Waals surface area contributed by atoms with Crippen LogP contribution in [0, 0.1) is 0 Å². The second-order valence-electron chi connectivity index (χ2n) is 7.01. The fraction of sp³-hybridized carbons (Fsp3) is 0.500. The second kappa shape index (κ2) is 8.00. The number of methoxy groups -OCH3 is 1. The van der Waals surface area contributed by atoms with Gasteiger partial charge in [0.25, 0.3) is 5.91 Å². The molecule has 1 unspecified atom stereocenters. The second-order valence-corrected chi connectivity index (χ2v) is 7.01. The summed E-state index contributed by atoms with van der Waals surface area (Å²) in [5.74, 6) is 0.810. The molecule has 7 nitrogen and oxygen atoms in total. The van der Waals surface area contributed by atoms with E-state index in [1.54, 1.807) is 13.2 Å². The third kappa shape index (κ3) is 3.93. The molecule has 3 rings (SSSR count). The molecule has 0 radical (unpaired) electrons. The Morgan fingerprint density at radius 1 is 1.30 bits per heavy atom. The largest absolute Gasteiger partial charge is 0.493 e. The van der Waals surface area contributed by atoms with Gasteiger partial charge in [0.05, 0.1) is 13.7 Å². The Morgan fingerprint density at radius 3 is 2.70 bits per heavy atom. The van der Waals surface area contributed by atoms with Gasteiger partial charge in [0.2, 0.25) is 0 Å². The number of aliphatic hydroxyl groups excluding tert-OH is 1. The highest BCUT2D eigenvalue weighted by Crippen LogP contribution is 2.35. The Balaban J connectivity index is 1.59. The molecule has 1 saturated carbocycles. The predicted molar refractivity (Wildman–Crippen MR) is 101 cm³/mol. The first-order valence-electron chi connectivity index (χ1n) is 9.25. The molecule has 7 heteroatoms. The molecule has 3 amide bonds. The van der Waals surface area contributed by atoms with Crippen molar-refractivity contribution in [3.63, 3.8) is 0 Å². The number of carbonyl (C=O) groups excluding carboxylic acids is 2. The van der Waals surface area contributed by atoms with Crippen LogP contribution in [0.15, 0.2) is 24.3 Å². The SMILES string of the molecule is C/C=C/c1ccc(OCC(O)CN2C(=O)NC3(CCCC3)C2=O)c(OC)c1. The number of amides is 3. The minimum Gasteiger partial charge on any atom is -0.493 e. The zero-order chi connectivity index (χ0) is 19.4. The van der Waals surface area contributed by atoms with Crippen LogP contribution in [0.1, 0.15) is 38.2 Å². The summed E-state index contributed by atoms with van der Waals surface area (Å²) in [7, 11) is 1.55. The van der Waals surface area contributed by atoms with Crippen LogP contribution in [-0.2, 0) is 4.79 Å². The number of rotatable bonds is 7. The van der Waals surface area contributed by atoms with Crippen LogP contribution in [-0.4, -0.2) is 53.8 Å². The van der Waals surface area contributed by atoms with Crippen molar-refractivity contribution >= 4 is 18.0 Å². The summed E-state index contributed by atoms with van der Waals surface area (Å²) in [5, 5.41) is 13.1. The van der Waals surface area contributed by atoms with Crippen molar-refractivity contribution in [2.45, 2.75) is 44.2 Å². The van der Waals surface area contributed by atoms with Crippen molar-refractivity contribution in [3.8, 4) is 11.5 Å². The van der Waals surface area contributed by atoms with Gasteiger partial charge < -0.3 is 19.9 Å². The van der Waals surface area contributed by atoms with E-state index in [1.165, 1.54) is 0 Å². The van der Waals surface area contributed by atoms with E-state index in [-0.39, 0.29) is 19.1 Å². The van der Waals surface area contributed by atoms with Gasteiger partial charge in [-0.15, -0.1) is 0 Å². The average molecular weight is 374 g/mol. The molecule has 1 heterocycles. The average Bonchev–Trinajstić information content (AvgIpc) is 3.21. The van der Waals surface area contributed by atoms with Gasteiger partial charge in [-0.3, -0.25) is 9.69 Å². The first kappa shape index (κ1) is 19.2. The van der Waals surface area contributed by atoms with Crippen molar-refractivity contribution in [3.05, 3.63) is 29.8 Å². The summed E-state index contributed by atoms with van der Waals surface area (Å²) >= 11 is 0. The van der Waals surface area contributed by atoms with Gasteiger partial charge in [-0.2, -0.15) is 0 Å². The fourth-order valence-electron chi connectivity index (χ4n) is 3.71. The molecule has 0 aromatic heterocycles. The van der Waals surface area contributed by atoms with Crippen LogP contribution in [0.5, 0.6) is 11.5 Å². The van der Waals surface area contributed by atoms with Crippen LogP contribution >= 0.6 is 0 Å². The van der Waals surface area contributed by atoms with E-state index in [1.807, 2.05) is 31.2 Å². The zero-order valence-electron chi connectivity index (χ0n) is 15.7. The number of nitrogens with zero attached hydrogens (tertiary/aromatic N) is 1. The molecule has 2 fully saturated rings. The Labute approximate surface area is 158 Å². The van der Waals surface area contributed by atoms with E-state index in [4.69, 9.17) is 9.47 Å². The van der Waals surface area contributed by atoms with Gasteiger partial charge in [-0.05, 0) is 37.5 Å². The van der Waals surface area contributed by atoms with Crippen LogP contribution in [0.4, 0.5) is 4.79 Å². The number of hydrogen-bond acceptors (Lipinski definition) is 5. The van der Waals surface area contributed by atoms with Crippen LogP contribution < -0.4 is 14.8 Å². The summed E-state index contributed by atoms with van der Waals surface area (Å²) in [6.07, 6.45) is 6.05. The number of nitrogens with one attached hydrogen (secondary N) is 1. The minimum absolute atomic E-state index is 0.0522. The number of carbonyl (C=O) groups is 2. The number of hydrogen-bond donors (Lipinski definition) is 2. The van der Waals surface area contributed by atoms with Crippen molar-refractivity contribution in [2.24, 2.45) is 0 Å². The van der Waals surface area contributed by atoms with Gasteiger partial charge in [0, 0.05) is 0 Å². The highest BCUT2D eigenvalue weighted by Gasteiger charge is 2.52. The lowest BCUT2D eigenvalue weighted by atomic mass is 9.98. The van der Waals surface area contributed by atoms with Crippen LogP contribution in [0.25, 0.3) is 6.08 Å². The Hall–Kier alpha value is -2.54. The summed E-state index contributed by atoms with van der Waals surface area (Å²) in [5.41, 5.74) is 0.215. The standard InChI is InChI=1S/C20H26N2O5/c1-3-6-14-7-8-16(17(11-14)26-2)27-13-15(23)12-22-18(24)20(21-19(22)25)9-4-5-10-20/h3,6-8,11,15,23H,4-5,9-10,12-13H2,1-2H3,(H,21,25)/b6-3+. The maximum absolute atomic E-state index is 12.6. The van der Waals surface area contributed by atoms with E-state index < -0.39 is 17.7 Å². The van der Waals surface area contributed by atoms with Gasteiger partial charge in [-0.25, -0.2) is 4.79 Å². The molecule has 1 spiro atoms. The quantitative estimate of drug-likeness (QED) is 0.715. The molecule has 2 aliphatic rings.